The molecule has 0 bridgehead atoms. The molecule has 0 aromatic heterocycles. The number of rotatable bonds is 4. The third-order valence-electron chi connectivity index (χ3n) is 5.32. The summed E-state index contributed by atoms with van der Waals surface area (Å²) in [5, 5.41) is 16.6. The van der Waals surface area contributed by atoms with Gasteiger partial charge < -0.3 is 20.6 Å². The van der Waals surface area contributed by atoms with Crippen LogP contribution in [0.5, 0.6) is 5.75 Å². The molecule has 5 nitrogen and oxygen atoms in total. The lowest BCUT2D eigenvalue weighted by molar-refractivity contribution is -0.118. The van der Waals surface area contributed by atoms with Crippen molar-refractivity contribution in [2.24, 2.45) is 0 Å². The topological polar surface area (TPSA) is 64.6 Å². The number of carbonyl (C=O) groups is 1. The first-order valence-electron chi connectivity index (χ1n) is 10.9. The number of fused-ring (bicyclic) bond motifs is 1. The second-order valence-electron chi connectivity index (χ2n) is 7.78. The summed E-state index contributed by atoms with van der Waals surface area (Å²) in [5.74, 6) is -0.170. The normalized spacial score (nSPS) is 12.7. The van der Waals surface area contributed by atoms with Gasteiger partial charge in [-0.25, -0.2) is 8.78 Å². The van der Waals surface area contributed by atoms with Crippen molar-refractivity contribution in [3.63, 3.8) is 0 Å². The van der Waals surface area contributed by atoms with E-state index >= 15 is 0 Å². The third kappa shape index (κ3) is 6.74. The number of nitrogens with zero attached hydrogens (tertiary/aromatic N) is 1. The van der Waals surface area contributed by atoms with Crippen molar-refractivity contribution in [1.29, 1.82) is 0 Å². The molecule has 0 saturated heterocycles. The Bertz CT molecular complexity index is 1140. The van der Waals surface area contributed by atoms with Crippen LogP contribution in [0, 0.1) is 5.82 Å². The van der Waals surface area contributed by atoms with Gasteiger partial charge in [0.1, 0.15) is 18.2 Å². The molecule has 1 heterocycles. The van der Waals surface area contributed by atoms with Crippen LogP contribution >= 0.6 is 12.2 Å². The highest BCUT2D eigenvalue weighted by molar-refractivity contribution is 7.80. The smallest absolute Gasteiger partial charge is 0.227 e. The van der Waals surface area contributed by atoms with Crippen LogP contribution in [0.25, 0.3) is 0 Å². The maximum Gasteiger partial charge on any atom is 0.227 e. The average Bonchev–Trinajstić information content (AvgIpc) is 2.98. The van der Waals surface area contributed by atoms with Gasteiger partial charge in [-0.2, -0.15) is 0 Å². The molecule has 4 rings (SSSR count). The maximum absolute atomic E-state index is 13.0. The number of amides is 1. The average molecular weight is 484 g/mol. The van der Waals surface area contributed by atoms with E-state index in [4.69, 9.17) is 12.2 Å². The minimum atomic E-state index is -0.542. The molecule has 0 unspecified atom stereocenters. The van der Waals surface area contributed by atoms with Crippen LogP contribution in [0.2, 0.25) is 0 Å². The van der Waals surface area contributed by atoms with E-state index in [1.807, 2.05) is 12.1 Å². The highest BCUT2D eigenvalue weighted by Gasteiger charge is 2.24. The Morgan fingerprint density at radius 2 is 1.79 bits per heavy atom. The molecule has 178 valence electrons. The molecule has 0 fully saturated rings. The third-order valence-corrected chi connectivity index (χ3v) is 5.63. The van der Waals surface area contributed by atoms with Crippen LogP contribution in [0.4, 0.5) is 20.2 Å². The molecule has 0 radical (unpaired) electrons. The van der Waals surface area contributed by atoms with Crippen molar-refractivity contribution in [3.8, 4) is 5.75 Å². The maximum atomic E-state index is 13.0. The van der Waals surface area contributed by atoms with E-state index in [0.717, 1.165) is 24.0 Å². The number of hydrogen-bond donors (Lipinski definition) is 3. The van der Waals surface area contributed by atoms with Crippen molar-refractivity contribution < 1.29 is 18.7 Å². The van der Waals surface area contributed by atoms with Crippen LogP contribution in [-0.2, 0) is 24.4 Å². The number of nitrogens with one attached hydrogen (secondary N) is 2. The molecular weight excluding hydrogens is 456 g/mol. The fourth-order valence-corrected chi connectivity index (χ4v) is 3.75. The number of aryl methyl sites for hydroxylation is 1. The summed E-state index contributed by atoms with van der Waals surface area (Å²) in [4.78, 5) is 14.3. The number of phenols is 1. The lowest BCUT2D eigenvalue weighted by Crippen LogP contribution is -2.29. The summed E-state index contributed by atoms with van der Waals surface area (Å²) in [7, 11) is 1.70. The summed E-state index contributed by atoms with van der Waals surface area (Å²) >= 11 is 5.10. The summed E-state index contributed by atoms with van der Waals surface area (Å²) in [6.45, 7) is -0.208. The Labute approximate surface area is 203 Å². The lowest BCUT2D eigenvalue weighted by atomic mass is 10.1. The van der Waals surface area contributed by atoms with E-state index in [9.17, 15) is 18.7 Å². The van der Waals surface area contributed by atoms with Gasteiger partial charge in [-0.3, -0.25) is 4.79 Å². The summed E-state index contributed by atoms with van der Waals surface area (Å²) in [6.07, 6.45) is 1.88. The summed E-state index contributed by atoms with van der Waals surface area (Å²) in [5.41, 5.74) is 3.58. The Balaban J connectivity index is 0.000000396. The van der Waals surface area contributed by atoms with Gasteiger partial charge in [-0.1, -0.05) is 42.5 Å². The highest BCUT2D eigenvalue weighted by atomic mass is 32.1. The van der Waals surface area contributed by atoms with E-state index in [1.165, 1.54) is 12.1 Å². The summed E-state index contributed by atoms with van der Waals surface area (Å²) in [6, 6.07) is 18.5. The van der Waals surface area contributed by atoms with Crippen molar-refractivity contribution in [2.45, 2.75) is 32.5 Å². The fraction of sp³-hybridized carbons (Fsp3) is 0.231. The molecule has 3 N–H and O–H groups in total. The van der Waals surface area contributed by atoms with E-state index in [0.29, 0.717) is 35.0 Å². The fourth-order valence-electron chi connectivity index (χ4n) is 3.64. The zero-order chi connectivity index (χ0) is 24.5. The zero-order valence-electron chi connectivity index (χ0n) is 18.9. The predicted molar refractivity (Wildman–Crippen MR) is 135 cm³/mol. The Kier molecular flexibility index (Phi) is 8.93. The van der Waals surface area contributed by atoms with Gasteiger partial charge in [0, 0.05) is 19.5 Å². The molecule has 0 spiro atoms. The highest BCUT2D eigenvalue weighted by Crippen LogP contribution is 2.36. The second-order valence-corrected chi connectivity index (χ2v) is 8.19. The van der Waals surface area contributed by atoms with Crippen molar-refractivity contribution in [3.05, 3.63) is 89.2 Å². The Morgan fingerprint density at radius 1 is 1.06 bits per heavy atom. The monoisotopic (exact) mass is 483 g/mol. The molecular formula is C26H27F2N3O2S. The minimum absolute atomic E-state index is 0.00902. The number of hydrogen-bond acceptors (Lipinski definition) is 3. The van der Waals surface area contributed by atoms with Crippen molar-refractivity contribution in [1.82, 2.24) is 5.32 Å². The van der Waals surface area contributed by atoms with Gasteiger partial charge in [0.2, 0.25) is 5.91 Å². The second kappa shape index (κ2) is 12.1. The summed E-state index contributed by atoms with van der Waals surface area (Å²) < 4.78 is 24.9. The standard InChI is InChI=1S/C20H22FN3O2S.C6H5F/c1-22-20(27)23-16-9-15-6-3-7-19(26)24(17(15)10-18(16)25)12-14-5-2-4-13(8-14)11-21;7-6-4-2-1-3-5-6/h2,4-5,8-10,25H,3,6-7,11-12H2,1H3,(H2,22,23,27);1-5H. The van der Waals surface area contributed by atoms with Gasteiger partial charge in [0.15, 0.2) is 5.11 Å². The Hall–Kier alpha value is -3.52. The largest absolute Gasteiger partial charge is 0.506 e. The number of anilines is 2. The van der Waals surface area contributed by atoms with Crippen molar-refractivity contribution in [2.75, 3.05) is 17.3 Å². The Morgan fingerprint density at radius 3 is 2.44 bits per heavy atom. The first kappa shape index (κ1) is 25.1. The minimum Gasteiger partial charge on any atom is -0.506 e. The van der Waals surface area contributed by atoms with Crippen LogP contribution in [0.3, 0.4) is 0 Å². The number of aromatic hydroxyl groups is 1. The first-order chi connectivity index (χ1) is 16.4. The number of alkyl halides is 1. The molecule has 3 aromatic carbocycles. The molecule has 0 aliphatic carbocycles. The van der Waals surface area contributed by atoms with Crippen LogP contribution in [0.1, 0.15) is 29.5 Å². The van der Waals surface area contributed by atoms with Gasteiger partial charge >= 0.3 is 0 Å². The van der Waals surface area contributed by atoms with E-state index in [1.54, 1.807) is 54.4 Å². The zero-order valence-corrected chi connectivity index (χ0v) is 19.7. The number of halogens is 2. The number of thiocarbonyl (C=S) groups is 1. The predicted octanol–water partition coefficient (Wildman–Crippen LogP) is 5.47. The van der Waals surface area contributed by atoms with E-state index in [-0.39, 0.29) is 17.5 Å². The van der Waals surface area contributed by atoms with Crippen LogP contribution < -0.4 is 15.5 Å². The van der Waals surface area contributed by atoms with Crippen molar-refractivity contribution >= 4 is 34.6 Å². The molecule has 1 aliphatic heterocycles. The SMILES string of the molecule is CNC(=S)Nc1cc2c(cc1O)N(Cc1cccc(CF)c1)C(=O)CCC2.Fc1ccccc1. The quantitative estimate of drug-likeness (QED) is 0.339. The van der Waals surface area contributed by atoms with E-state index < -0.39 is 6.67 Å². The molecule has 3 aromatic rings. The molecule has 0 atom stereocenters. The van der Waals surface area contributed by atoms with Gasteiger partial charge in [-0.05, 0) is 59.9 Å². The first-order valence-corrected chi connectivity index (χ1v) is 11.3. The molecule has 0 saturated carbocycles. The number of phenolic OH excluding ortho intramolecular Hbond substituents is 1. The molecule has 34 heavy (non-hydrogen) atoms. The van der Waals surface area contributed by atoms with Crippen LogP contribution in [-0.4, -0.2) is 23.2 Å². The van der Waals surface area contributed by atoms with Gasteiger partial charge in [0.05, 0.1) is 17.9 Å². The number of carbonyl (C=O) groups excluding carboxylic acids is 1. The van der Waals surface area contributed by atoms with Crippen LogP contribution in [0.15, 0.2) is 66.7 Å². The number of benzene rings is 3. The lowest BCUT2D eigenvalue weighted by Gasteiger charge is -2.24. The molecule has 1 amide bonds. The molecule has 1 aliphatic rings. The van der Waals surface area contributed by atoms with E-state index in [2.05, 4.69) is 10.6 Å². The van der Waals surface area contributed by atoms with Gasteiger partial charge in [-0.15, -0.1) is 0 Å². The van der Waals surface area contributed by atoms with Gasteiger partial charge in [0.25, 0.3) is 0 Å². The molecule has 8 heteroatoms.